The SMILES string of the molecule is N[C@H](CNS(=O)(=O)N1CCCCC1)c1ccccc1. The first-order valence-electron chi connectivity index (χ1n) is 6.65. The van der Waals surface area contributed by atoms with Crippen LogP contribution < -0.4 is 10.5 Å². The molecule has 6 heteroatoms. The van der Waals surface area contributed by atoms with E-state index in [4.69, 9.17) is 5.73 Å². The monoisotopic (exact) mass is 283 g/mol. The molecule has 2 rings (SSSR count). The van der Waals surface area contributed by atoms with E-state index in [1.165, 1.54) is 4.31 Å². The van der Waals surface area contributed by atoms with Gasteiger partial charge in [-0.3, -0.25) is 0 Å². The molecule has 1 atom stereocenters. The minimum absolute atomic E-state index is 0.225. The fourth-order valence-corrected chi connectivity index (χ4v) is 3.52. The summed E-state index contributed by atoms with van der Waals surface area (Å²) in [5.74, 6) is 0. The lowest BCUT2D eigenvalue weighted by atomic mass is 10.1. The molecule has 19 heavy (non-hydrogen) atoms. The van der Waals surface area contributed by atoms with Crippen molar-refractivity contribution in [3.05, 3.63) is 35.9 Å². The highest BCUT2D eigenvalue weighted by Gasteiger charge is 2.23. The van der Waals surface area contributed by atoms with Crippen LogP contribution in [0.4, 0.5) is 0 Å². The summed E-state index contributed by atoms with van der Waals surface area (Å²) in [5, 5.41) is 0. The number of hydrogen-bond donors (Lipinski definition) is 2. The highest BCUT2D eigenvalue weighted by molar-refractivity contribution is 7.87. The molecule has 0 saturated carbocycles. The van der Waals surface area contributed by atoms with E-state index in [0.717, 1.165) is 24.8 Å². The Morgan fingerprint density at radius 1 is 1.16 bits per heavy atom. The zero-order valence-electron chi connectivity index (χ0n) is 11.0. The Labute approximate surface area is 115 Å². The average molecular weight is 283 g/mol. The van der Waals surface area contributed by atoms with Crippen molar-refractivity contribution in [2.24, 2.45) is 5.73 Å². The highest BCUT2D eigenvalue weighted by Crippen LogP contribution is 2.13. The fraction of sp³-hybridized carbons (Fsp3) is 0.538. The number of nitrogens with one attached hydrogen (secondary N) is 1. The quantitative estimate of drug-likeness (QED) is 0.846. The van der Waals surface area contributed by atoms with Crippen molar-refractivity contribution in [2.45, 2.75) is 25.3 Å². The first-order chi connectivity index (χ1) is 9.09. The molecule has 1 saturated heterocycles. The van der Waals surface area contributed by atoms with Crippen LogP contribution in [-0.2, 0) is 10.2 Å². The fourth-order valence-electron chi connectivity index (χ4n) is 2.21. The second-order valence-electron chi connectivity index (χ2n) is 4.83. The van der Waals surface area contributed by atoms with Crippen LogP contribution in [-0.4, -0.2) is 32.4 Å². The Balaban J connectivity index is 1.90. The molecule has 5 nitrogen and oxygen atoms in total. The van der Waals surface area contributed by atoms with Crippen molar-refractivity contribution < 1.29 is 8.42 Å². The van der Waals surface area contributed by atoms with Gasteiger partial charge < -0.3 is 5.73 Å². The minimum Gasteiger partial charge on any atom is -0.323 e. The molecule has 0 unspecified atom stereocenters. The number of nitrogens with two attached hydrogens (primary N) is 1. The van der Waals surface area contributed by atoms with Gasteiger partial charge >= 0.3 is 0 Å². The summed E-state index contributed by atoms with van der Waals surface area (Å²) in [6, 6.07) is 9.19. The molecular formula is C13H21N3O2S. The van der Waals surface area contributed by atoms with Crippen LogP contribution in [0.2, 0.25) is 0 Å². The lowest BCUT2D eigenvalue weighted by molar-refractivity contribution is 0.341. The molecular weight excluding hydrogens is 262 g/mol. The van der Waals surface area contributed by atoms with Gasteiger partial charge in [0, 0.05) is 25.7 Å². The van der Waals surface area contributed by atoms with E-state index in [-0.39, 0.29) is 12.6 Å². The van der Waals surface area contributed by atoms with Crippen LogP contribution in [0.3, 0.4) is 0 Å². The minimum atomic E-state index is -3.38. The molecule has 1 aliphatic heterocycles. The molecule has 0 aromatic heterocycles. The zero-order chi connectivity index (χ0) is 13.7. The molecule has 3 N–H and O–H groups in total. The number of hydrogen-bond acceptors (Lipinski definition) is 3. The molecule has 1 heterocycles. The van der Waals surface area contributed by atoms with E-state index < -0.39 is 10.2 Å². The van der Waals surface area contributed by atoms with Gasteiger partial charge in [-0.15, -0.1) is 0 Å². The first kappa shape index (κ1) is 14.5. The Bertz CT molecular complexity index is 484. The van der Waals surface area contributed by atoms with E-state index in [1.54, 1.807) is 0 Å². The molecule has 0 bridgehead atoms. The van der Waals surface area contributed by atoms with E-state index in [2.05, 4.69) is 4.72 Å². The van der Waals surface area contributed by atoms with Crippen LogP contribution in [0.1, 0.15) is 30.9 Å². The Hall–Kier alpha value is -0.950. The first-order valence-corrected chi connectivity index (χ1v) is 8.09. The molecule has 0 radical (unpaired) electrons. The average Bonchev–Trinajstić information content (AvgIpc) is 2.47. The molecule has 0 aliphatic carbocycles. The van der Waals surface area contributed by atoms with E-state index >= 15 is 0 Å². The second-order valence-corrected chi connectivity index (χ2v) is 6.59. The third kappa shape index (κ3) is 4.01. The van der Waals surface area contributed by atoms with Gasteiger partial charge in [0.15, 0.2) is 0 Å². The van der Waals surface area contributed by atoms with E-state index in [9.17, 15) is 8.42 Å². The maximum absolute atomic E-state index is 12.1. The van der Waals surface area contributed by atoms with Crippen molar-refractivity contribution in [2.75, 3.05) is 19.6 Å². The lowest BCUT2D eigenvalue weighted by Gasteiger charge is -2.26. The number of rotatable bonds is 5. The van der Waals surface area contributed by atoms with Gasteiger partial charge in [-0.2, -0.15) is 12.7 Å². The van der Waals surface area contributed by atoms with Crippen LogP contribution in [0, 0.1) is 0 Å². The number of piperidine rings is 1. The Morgan fingerprint density at radius 3 is 2.42 bits per heavy atom. The summed E-state index contributed by atoms with van der Waals surface area (Å²) >= 11 is 0. The van der Waals surface area contributed by atoms with Crippen molar-refractivity contribution >= 4 is 10.2 Å². The number of nitrogens with zero attached hydrogens (tertiary/aromatic N) is 1. The third-order valence-electron chi connectivity index (χ3n) is 3.37. The largest absolute Gasteiger partial charge is 0.323 e. The Kier molecular flexibility index (Phi) is 4.93. The summed E-state index contributed by atoms with van der Waals surface area (Å²) in [6.45, 7) is 1.44. The summed E-state index contributed by atoms with van der Waals surface area (Å²) < 4.78 is 28.3. The lowest BCUT2D eigenvalue weighted by Crippen LogP contribution is -2.45. The van der Waals surface area contributed by atoms with Crippen molar-refractivity contribution in [3.8, 4) is 0 Å². The smallest absolute Gasteiger partial charge is 0.279 e. The predicted octanol–water partition coefficient (Wildman–Crippen LogP) is 1.01. The molecule has 1 aromatic rings. The number of benzene rings is 1. The van der Waals surface area contributed by atoms with Crippen LogP contribution in [0.5, 0.6) is 0 Å². The van der Waals surface area contributed by atoms with Gasteiger partial charge in [0.05, 0.1) is 0 Å². The van der Waals surface area contributed by atoms with Gasteiger partial charge in [0.2, 0.25) is 0 Å². The molecule has 106 valence electrons. The summed E-state index contributed by atoms with van der Waals surface area (Å²) in [7, 11) is -3.38. The van der Waals surface area contributed by atoms with Gasteiger partial charge in [0.1, 0.15) is 0 Å². The standard InChI is InChI=1S/C13H21N3O2S/c14-13(12-7-3-1-4-8-12)11-15-19(17,18)16-9-5-2-6-10-16/h1,3-4,7-8,13,15H,2,5-6,9-11,14H2/t13-/m1/s1. The summed E-state index contributed by atoms with van der Waals surface area (Å²) in [5.41, 5.74) is 6.92. The predicted molar refractivity (Wildman–Crippen MR) is 75.7 cm³/mol. The van der Waals surface area contributed by atoms with Crippen LogP contribution in [0.25, 0.3) is 0 Å². The van der Waals surface area contributed by atoms with Gasteiger partial charge in [-0.1, -0.05) is 36.8 Å². The maximum Gasteiger partial charge on any atom is 0.279 e. The van der Waals surface area contributed by atoms with Crippen molar-refractivity contribution in [1.29, 1.82) is 0 Å². The topological polar surface area (TPSA) is 75.4 Å². The third-order valence-corrected chi connectivity index (χ3v) is 4.94. The molecule has 1 aromatic carbocycles. The normalized spacial score (nSPS) is 19.2. The molecule has 0 spiro atoms. The highest BCUT2D eigenvalue weighted by atomic mass is 32.2. The van der Waals surface area contributed by atoms with Crippen LogP contribution in [0.15, 0.2) is 30.3 Å². The maximum atomic E-state index is 12.1. The van der Waals surface area contributed by atoms with E-state index in [1.807, 2.05) is 30.3 Å². The van der Waals surface area contributed by atoms with Gasteiger partial charge in [-0.25, -0.2) is 4.72 Å². The molecule has 1 fully saturated rings. The van der Waals surface area contributed by atoms with Gasteiger partial charge in [-0.05, 0) is 18.4 Å². The van der Waals surface area contributed by atoms with Crippen LogP contribution >= 0.6 is 0 Å². The summed E-state index contributed by atoms with van der Waals surface area (Å²) in [4.78, 5) is 0. The van der Waals surface area contributed by atoms with Crippen molar-refractivity contribution in [1.82, 2.24) is 9.03 Å². The Morgan fingerprint density at radius 2 is 1.79 bits per heavy atom. The molecule has 1 aliphatic rings. The zero-order valence-corrected chi connectivity index (χ0v) is 11.8. The van der Waals surface area contributed by atoms with E-state index in [0.29, 0.717) is 13.1 Å². The van der Waals surface area contributed by atoms with Crippen molar-refractivity contribution in [3.63, 3.8) is 0 Å². The molecule has 0 amide bonds. The second kappa shape index (κ2) is 6.47. The summed E-state index contributed by atoms with van der Waals surface area (Å²) in [6.07, 6.45) is 2.98. The van der Waals surface area contributed by atoms with Gasteiger partial charge in [0.25, 0.3) is 10.2 Å².